The number of aromatic nitrogens is 8. The number of benzene rings is 1. The van der Waals surface area contributed by atoms with E-state index in [1.165, 1.54) is 5.56 Å². The third-order valence-electron chi connectivity index (χ3n) is 4.99. The summed E-state index contributed by atoms with van der Waals surface area (Å²) in [6.45, 7) is 5.28. The predicted molar refractivity (Wildman–Crippen MR) is 115 cm³/mol. The van der Waals surface area contributed by atoms with Gasteiger partial charge in [0, 0.05) is 31.1 Å². The molecule has 1 N–H and O–H groups in total. The van der Waals surface area contributed by atoms with Crippen molar-refractivity contribution < 1.29 is 0 Å². The third-order valence-corrected chi connectivity index (χ3v) is 4.99. The van der Waals surface area contributed by atoms with Crippen molar-refractivity contribution in [1.29, 1.82) is 0 Å². The zero-order valence-corrected chi connectivity index (χ0v) is 17.4. The number of hydrogen-bond donors (Lipinski definition) is 1. The molecule has 4 aromatic rings. The average molecular weight is 403 g/mol. The van der Waals surface area contributed by atoms with Gasteiger partial charge in [-0.25, -0.2) is 14.8 Å². The lowest BCUT2D eigenvalue weighted by atomic mass is 10.0. The molecular formula is C22H26N8. The molecule has 0 aliphatic carbocycles. The highest BCUT2D eigenvalue weighted by Gasteiger charge is 2.13. The van der Waals surface area contributed by atoms with E-state index in [1.54, 1.807) is 6.20 Å². The number of aryl methyl sites for hydroxylation is 2. The molecule has 0 amide bonds. The van der Waals surface area contributed by atoms with E-state index in [0.29, 0.717) is 5.82 Å². The summed E-state index contributed by atoms with van der Waals surface area (Å²) in [6, 6.07) is 12.4. The van der Waals surface area contributed by atoms with Crippen molar-refractivity contribution in [2.75, 3.05) is 0 Å². The van der Waals surface area contributed by atoms with Crippen LogP contribution < -0.4 is 0 Å². The van der Waals surface area contributed by atoms with E-state index >= 15 is 0 Å². The van der Waals surface area contributed by atoms with Crippen molar-refractivity contribution >= 4 is 0 Å². The van der Waals surface area contributed by atoms with Crippen LogP contribution in [0.3, 0.4) is 0 Å². The molecule has 0 unspecified atom stereocenters. The maximum Gasteiger partial charge on any atom is 0.198 e. The first-order valence-corrected chi connectivity index (χ1v) is 10.5. The zero-order valence-electron chi connectivity index (χ0n) is 17.4. The van der Waals surface area contributed by atoms with E-state index in [1.807, 2.05) is 12.1 Å². The SMILES string of the molecule is CCCCn1nc(CCC)nc1Cc1ccc(-c2cccnc2-c2nnn[nH]2)cc1. The predicted octanol–water partition coefficient (Wildman–Crippen LogP) is 3.86. The van der Waals surface area contributed by atoms with Crippen LogP contribution in [0.1, 0.15) is 50.3 Å². The van der Waals surface area contributed by atoms with Gasteiger partial charge in [-0.3, -0.25) is 4.98 Å². The number of tetrazole rings is 1. The Labute approximate surface area is 175 Å². The van der Waals surface area contributed by atoms with Gasteiger partial charge in [-0.1, -0.05) is 50.6 Å². The van der Waals surface area contributed by atoms with Crippen molar-refractivity contribution in [3.8, 4) is 22.6 Å². The lowest BCUT2D eigenvalue weighted by Crippen LogP contribution is -2.06. The summed E-state index contributed by atoms with van der Waals surface area (Å²) in [7, 11) is 0. The fourth-order valence-corrected chi connectivity index (χ4v) is 3.44. The Morgan fingerprint density at radius 1 is 1.03 bits per heavy atom. The smallest absolute Gasteiger partial charge is 0.198 e. The van der Waals surface area contributed by atoms with Crippen LogP contribution in [0.15, 0.2) is 42.6 Å². The van der Waals surface area contributed by atoms with E-state index in [0.717, 1.165) is 67.1 Å². The van der Waals surface area contributed by atoms with Crippen LogP contribution in [0.25, 0.3) is 22.6 Å². The van der Waals surface area contributed by atoms with Crippen molar-refractivity contribution in [2.24, 2.45) is 0 Å². The van der Waals surface area contributed by atoms with Gasteiger partial charge in [0.1, 0.15) is 11.5 Å². The number of hydrogen-bond acceptors (Lipinski definition) is 6. The maximum absolute atomic E-state index is 4.79. The normalized spacial score (nSPS) is 11.1. The Hall–Kier alpha value is -3.42. The molecule has 30 heavy (non-hydrogen) atoms. The van der Waals surface area contributed by atoms with Gasteiger partial charge in [-0.15, -0.1) is 5.10 Å². The number of pyridine rings is 1. The molecule has 3 aromatic heterocycles. The molecule has 3 heterocycles. The standard InChI is InChI=1S/C22H26N8/c1-3-5-14-30-20(24-19(27-30)7-4-2)15-16-9-11-17(12-10-16)18-8-6-13-23-21(18)22-25-28-29-26-22/h6,8-13H,3-5,7,14-15H2,1-2H3,(H,25,26,28,29). The Morgan fingerprint density at radius 3 is 2.63 bits per heavy atom. The Bertz CT molecular complexity index is 1070. The summed E-state index contributed by atoms with van der Waals surface area (Å²) < 4.78 is 2.08. The van der Waals surface area contributed by atoms with Gasteiger partial charge in [0.05, 0.1) is 0 Å². The molecule has 8 nitrogen and oxygen atoms in total. The fourth-order valence-electron chi connectivity index (χ4n) is 3.44. The second-order valence-electron chi connectivity index (χ2n) is 7.29. The number of nitrogens with zero attached hydrogens (tertiary/aromatic N) is 7. The van der Waals surface area contributed by atoms with E-state index < -0.39 is 0 Å². The molecule has 0 aliphatic heterocycles. The molecule has 0 saturated heterocycles. The van der Waals surface area contributed by atoms with Crippen molar-refractivity contribution in [3.63, 3.8) is 0 Å². The summed E-state index contributed by atoms with van der Waals surface area (Å²) in [6.07, 6.45) is 6.75. The topological polar surface area (TPSA) is 98.1 Å². The number of aromatic amines is 1. The van der Waals surface area contributed by atoms with Crippen LogP contribution in [-0.2, 0) is 19.4 Å². The minimum absolute atomic E-state index is 0.558. The molecule has 0 atom stereocenters. The van der Waals surface area contributed by atoms with Gasteiger partial charge < -0.3 is 0 Å². The highest BCUT2D eigenvalue weighted by molar-refractivity contribution is 5.77. The van der Waals surface area contributed by atoms with Gasteiger partial charge in [0.25, 0.3) is 0 Å². The number of H-pyrrole nitrogens is 1. The van der Waals surface area contributed by atoms with Crippen LogP contribution in [0.5, 0.6) is 0 Å². The molecule has 4 rings (SSSR count). The van der Waals surface area contributed by atoms with Gasteiger partial charge in [-0.2, -0.15) is 5.10 Å². The van der Waals surface area contributed by atoms with Crippen LogP contribution in [0.4, 0.5) is 0 Å². The van der Waals surface area contributed by atoms with Crippen molar-refractivity contribution in [2.45, 2.75) is 52.5 Å². The largest absolute Gasteiger partial charge is 0.252 e. The molecule has 8 heteroatoms. The first kappa shape index (κ1) is 19.9. The summed E-state index contributed by atoms with van der Waals surface area (Å²) in [4.78, 5) is 9.24. The quantitative estimate of drug-likeness (QED) is 0.456. The Balaban J connectivity index is 1.57. The lowest BCUT2D eigenvalue weighted by Gasteiger charge is -2.08. The highest BCUT2D eigenvalue weighted by Crippen LogP contribution is 2.28. The van der Waals surface area contributed by atoms with Crippen LogP contribution in [-0.4, -0.2) is 40.4 Å². The Kier molecular flexibility index (Phi) is 6.22. The molecule has 1 aromatic carbocycles. The van der Waals surface area contributed by atoms with Crippen LogP contribution >= 0.6 is 0 Å². The second-order valence-corrected chi connectivity index (χ2v) is 7.29. The number of rotatable bonds is 9. The summed E-state index contributed by atoms with van der Waals surface area (Å²) in [5.74, 6) is 2.54. The van der Waals surface area contributed by atoms with Gasteiger partial charge in [-0.05, 0) is 40.5 Å². The van der Waals surface area contributed by atoms with Gasteiger partial charge in [0.15, 0.2) is 11.6 Å². The molecule has 0 bridgehead atoms. The maximum atomic E-state index is 4.79. The first-order valence-electron chi connectivity index (χ1n) is 10.5. The molecule has 0 spiro atoms. The first-order chi connectivity index (χ1) is 14.8. The third kappa shape index (κ3) is 4.42. The number of nitrogens with one attached hydrogen (secondary N) is 1. The lowest BCUT2D eigenvalue weighted by molar-refractivity contribution is 0.545. The molecule has 0 radical (unpaired) electrons. The number of unbranched alkanes of at least 4 members (excludes halogenated alkanes) is 1. The average Bonchev–Trinajstić information content (AvgIpc) is 3.44. The monoisotopic (exact) mass is 402 g/mol. The molecule has 0 aliphatic rings. The molecular weight excluding hydrogens is 376 g/mol. The van der Waals surface area contributed by atoms with E-state index in [-0.39, 0.29) is 0 Å². The van der Waals surface area contributed by atoms with Crippen molar-refractivity contribution in [1.82, 2.24) is 40.4 Å². The highest BCUT2D eigenvalue weighted by atomic mass is 15.5. The van der Waals surface area contributed by atoms with Gasteiger partial charge >= 0.3 is 0 Å². The molecule has 0 saturated carbocycles. The van der Waals surface area contributed by atoms with Crippen LogP contribution in [0.2, 0.25) is 0 Å². The zero-order chi connectivity index (χ0) is 20.8. The summed E-state index contributed by atoms with van der Waals surface area (Å²) in [5, 5.41) is 18.8. The van der Waals surface area contributed by atoms with E-state index in [2.05, 4.69) is 68.4 Å². The minimum Gasteiger partial charge on any atom is -0.252 e. The second kappa shape index (κ2) is 9.39. The molecule has 154 valence electrons. The van der Waals surface area contributed by atoms with Crippen LogP contribution in [0, 0.1) is 0 Å². The fraction of sp³-hybridized carbons (Fsp3) is 0.364. The summed E-state index contributed by atoms with van der Waals surface area (Å²) >= 11 is 0. The Morgan fingerprint density at radius 2 is 1.90 bits per heavy atom. The van der Waals surface area contributed by atoms with Crippen molar-refractivity contribution in [3.05, 3.63) is 59.8 Å². The minimum atomic E-state index is 0.558. The van der Waals surface area contributed by atoms with Gasteiger partial charge in [0.2, 0.25) is 0 Å². The molecule has 0 fully saturated rings. The van der Waals surface area contributed by atoms with E-state index in [4.69, 9.17) is 10.1 Å². The summed E-state index contributed by atoms with van der Waals surface area (Å²) in [5.41, 5.74) is 3.99. The van der Waals surface area contributed by atoms with E-state index in [9.17, 15) is 0 Å².